The van der Waals surface area contributed by atoms with Crippen molar-refractivity contribution in [1.82, 2.24) is 15.5 Å². The van der Waals surface area contributed by atoms with Crippen LogP contribution in [-0.2, 0) is 20.9 Å². The predicted octanol–water partition coefficient (Wildman–Crippen LogP) is 2.15. The lowest BCUT2D eigenvalue weighted by Gasteiger charge is -2.34. The van der Waals surface area contributed by atoms with E-state index < -0.39 is 11.8 Å². The van der Waals surface area contributed by atoms with Crippen molar-refractivity contribution in [2.45, 2.75) is 12.6 Å². The number of nitrogens with one attached hydrogen (secondary N) is 2. The van der Waals surface area contributed by atoms with E-state index in [1.165, 1.54) is 0 Å². The molecular weight excluding hydrogens is 406 g/mol. The van der Waals surface area contributed by atoms with Gasteiger partial charge in [-0.15, -0.1) is 0 Å². The van der Waals surface area contributed by atoms with Gasteiger partial charge in [0.2, 0.25) is 0 Å². The first-order valence-corrected chi connectivity index (χ1v) is 10.2. The Kier molecular flexibility index (Phi) is 8.07. The Morgan fingerprint density at radius 1 is 1.03 bits per heavy atom. The summed E-state index contributed by atoms with van der Waals surface area (Å²) in [6.45, 7) is 3.38. The monoisotopic (exact) mass is 431 g/mol. The van der Waals surface area contributed by atoms with Gasteiger partial charge in [-0.05, 0) is 35.4 Å². The second-order valence-electron chi connectivity index (χ2n) is 6.96. The van der Waals surface area contributed by atoms with E-state index in [9.17, 15) is 9.59 Å². The van der Waals surface area contributed by atoms with Gasteiger partial charge in [-0.25, -0.2) is 0 Å². The standard InChI is InChI=1S/C22H26ClN3O4/c1-29-19-8-4-17(5-9-19)20(26-10-12-30-13-11-26)15-25-22(28)21(27)24-14-16-2-6-18(23)7-3-16/h2-9,20H,10-15H2,1H3,(H,24,27)(H,25,28)/t20-/m0/s1. The van der Waals surface area contributed by atoms with Gasteiger partial charge in [-0.3, -0.25) is 14.5 Å². The van der Waals surface area contributed by atoms with Crippen LogP contribution in [0.25, 0.3) is 0 Å². The average Bonchev–Trinajstić information content (AvgIpc) is 2.79. The maximum absolute atomic E-state index is 12.3. The van der Waals surface area contributed by atoms with E-state index in [0.29, 0.717) is 24.8 Å². The number of carbonyl (C=O) groups is 2. The summed E-state index contributed by atoms with van der Waals surface area (Å²) in [6, 6.07) is 14.8. The molecule has 2 N–H and O–H groups in total. The number of hydrogen-bond acceptors (Lipinski definition) is 5. The Morgan fingerprint density at radius 2 is 1.67 bits per heavy atom. The first-order chi connectivity index (χ1) is 14.6. The highest BCUT2D eigenvalue weighted by atomic mass is 35.5. The van der Waals surface area contributed by atoms with Gasteiger partial charge in [0.25, 0.3) is 0 Å². The van der Waals surface area contributed by atoms with Crippen LogP contribution in [0.2, 0.25) is 5.02 Å². The molecule has 1 aliphatic heterocycles. The summed E-state index contributed by atoms with van der Waals surface area (Å²) in [7, 11) is 1.62. The van der Waals surface area contributed by atoms with Crippen LogP contribution in [0.15, 0.2) is 48.5 Å². The van der Waals surface area contributed by atoms with Crippen molar-refractivity contribution in [2.24, 2.45) is 0 Å². The van der Waals surface area contributed by atoms with E-state index >= 15 is 0 Å². The van der Waals surface area contributed by atoms with Crippen LogP contribution in [0.1, 0.15) is 17.2 Å². The summed E-state index contributed by atoms with van der Waals surface area (Å²) < 4.78 is 10.7. The molecule has 1 heterocycles. The van der Waals surface area contributed by atoms with Crippen molar-refractivity contribution in [1.29, 1.82) is 0 Å². The van der Waals surface area contributed by atoms with Crippen molar-refractivity contribution in [3.63, 3.8) is 0 Å². The molecule has 0 aliphatic carbocycles. The molecule has 30 heavy (non-hydrogen) atoms. The van der Waals surface area contributed by atoms with E-state index in [2.05, 4.69) is 15.5 Å². The summed E-state index contributed by atoms with van der Waals surface area (Å²) in [5, 5.41) is 6.02. The zero-order valence-corrected chi connectivity index (χ0v) is 17.7. The Labute approximate surface area is 181 Å². The number of halogens is 1. The fourth-order valence-corrected chi connectivity index (χ4v) is 3.43. The van der Waals surface area contributed by atoms with Crippen LogP contribution < -0.4 is 15.4 Å². The minimum Gasteiger partial charge on any atom is -0.497 e. The van der Waals surface area contributed by atoms with Gasteiger partial charge < -0.3 is 20.1 Å². The Morgan fingerprint density at radius 3 is 2.30 bits per heavy atom. The normalized spacial score (nSPS) is 15.3. The van der Waals surface area contributed by atoms with Crippen molar-refractivity contribution < 1.29 is 19.1 Å². The number of morpholine rings is 1. The molecular formula is C22H26ClN3O4. The van der Waals surface area contributed by atoms with Crippen LogP contribution in [0.3, 0.4) is 0 Å². The van der Waals surface area contributed by atoms with Crippen molar-refractivity contribution >= 4 is 23.4 Å². The molecule has 0 saturated carbocycles. The maximum atomic E-state index is 12.3. The molecule has 0 bridgehead atoms. The lowest BCUT2D eigenvalue weighted by Crippen LogP contribution is -2.46. The topological polar surface area (TPSA) is 79.9 Å². The van der Waals surface area contributed by atoms with Crippen LogP contribution in [0, 0.1) is 0 Å². The second kappa shape index (κ2) is 11.0. The van der Waals surface area contributed by atoms with Gasteiger partial charge in [0.15, 0.2) is 0 Å². The molecule has 7 nitrogen and oxygen atoms in total. The first kappa shape index (κ1) is 22.1. The molecule has 2 amide bonds. The van der Waals surface area contributed by atoms with Gasteiger partial charge in [0, 0.05) is 31.2 Å². The number of ether oxygens (including phenoxy) is 2. The summed E-state index contributed by atoms with van der Waals surface area (Å²) in [5.41, 5.74) is 1.91. The van der Waals surface area contributed by atoms with Gasteiger partial charge in [-0.1, -0.05) is 35.9 Å². The van der Waals surface area contributed by atoms with Gasteiger partial charge in [-0.2, -0.15) is 0 Å². The molecule has 3 rings (SSSR count). The average molecular weight is 432 g/mol. The predicted molar refractivity (Wildman–Crippen MR) is 114 cm³/mol. The molecule has 0 radical (unpaired) electrons. The molecule has 8 heteroatoms. The third kappa shape index (κ3) is 6.19. The minimum atomic E-state index is -0.666. The zero-order valence-electron chi connectivity index (χ0n) is 16.9. The summed E-state index contributed by atoms with van der Waals surface area (Å²) >= 11 is 5.86. The number of amides is 2. The smallest absolute Gasteiger partial charge is 0.309 e. The summed E-state index contributed by atoms with van der Waals surface area (Å²) in [4.78, 5) is 26.8. The van der Waals surface area contributed by atoms with E-state index in [4.69, 9.17) is 21.1 Å². The van der Waals surface area contributed by atoms with Crippen LogP contribution in [-0.4, -0.2) is 56.7 Å². The van der Waals surface area contributed by atoms with E-state index in [1.807, 2.05) is 24.3 Å². The largest absolute Gasteiger partial charge is 0.497 e. The van der Waals surface area contributed by atoms with E-state index in [-0.39, 0.29) is 12.6 Å². The summed E-state index contributed by atoms with van der Waals surface area (Å²) in [6.07, 6.45) is 0. The quantitative estimate of drug-likeness (QED) is 0.657. The highest BCUT2D eigenvalue weighted by Gasteiger charge is 2.24. The Hall–Kier alpha value is -2.61. The molecule has 0 unspecified atom stereocenters. The Balaban J connectivity index is 1.58. The minimum absolute atomic E-state index is 0.0622. The number of benzene rings is 2. The molecule has 0 aromatic heterocycles. The molecule has 2 aromatic rings. The third-order valence-corrected chi connectivity index (χ3v) is 5.27. The third-order valence-electron chi connectivity index (χ3n) is 5.02. The number of nitrogens with zero attached hydrogens (tertiary/aromatic N) is 1. The lowest BCUT2D eigenvalue weighted by atomic mass is 10.0. The molecule has 2 aromatic carbocycles. The first-order valence-electron chi connectivity index (χ1n) is 9.83. The highest BCUT2D eigenvalue weighted by Crippen LogP contribution is 2.23. The molecule has 1 atom stereocenters. The fourth-order valence-electron chi connectivity index (χ4n) is 3.31. The maximum Gasteiger partial charge on any atom is 0.309 e. The van der Waals surface area contributed by atoms with Gasteiger partial charge >= 0.3 is 11.8 Å². The number of hydrogen-bond donors (Lipinski definition) is 2. The SMILES string of the molecule is COc1ccc([C@H](CNC(=O)C(=O)NCc2ccc(Cl)cc2)N2CCOCC2)cc1. The van der Waals surface area contributed by atoms with Crippen LogP contribution >= 0.6 is 11.6 Å². The van der Waals surface area contributed by atoms with Gasteiger partial charge in [0.05, 0.1) is 26.4 Å². The Bertz CT molecular complexity index is 836. The second-order valence-corrected chi connectivity index (χ2v) is 7.39. The van der Waals surface area contributed by atoms with Crippen LogP contribution in [0.5, 0.6) is 5.75 Å². The van der Waals surface area contributed by atoms with E-state index in [1.54, 1.807) is 31.4 Å². The number of rotatable bonds is 7. The van der Waals surface area contributed by atoms with Crippen molar-refractivity contribution in [2.75, 3.05) is 40.0 Å². The summed E-state index contributed by atoms with van der Waals surface area (Å²) in [5.74, 6) is -0.554. The highest BCUT2D eigenvalue weighted by molar-refractivity contribution is 6.35. The molecule has 1 fully saturated rings. The van der Waals surface area contributed by atoms with Gasteiger partial charge in [0.1, 0.15) is 5.75 Å². The van der Waals surface area contributed by atoms with Crippen molar-refractivity contribution in [3.8, 4) is 5.75 Å². The zero-order chi connectivity index (χ0) is 21.3. The molecule has 160 valence electrons. The lowest BCUT2D eigenvalue weighted by molar-refractivity contribution is -0.139. The number of methoxy groups -OCH3 is 1. The van der Waals surface area contributed by atoms with Crippen molar-refractivity contribution in [3.05, 3.63) is 64.7 Å². The fraction of sp³-hybridized carbons (Fsp3) is 0.364. The van der Waals surface area contributed by atoms with E-state index in [0.717, 1.165) is 30.0 Å². The van der Waals surface area contributed by atoms with Crippen LogP contribution in [0.4, 0.5) is 0 Å². The molecule has 0 spiro atoms. The molecule has 1 saturated heterocycles. The number of carbonyl (C=O) groups excluding carboxylic acids is 2. The molecule has 1 aliphatic rings.